The van der Waals surface area contributed by atoms with Crippen LogP contribution in [0.2, 0.25) is 0 Å². The van der Waals surface area contributed by atoms with Crippen molar-refractivity contribution in [2.24, 2.45) is 0 Å². The molecule has 82 valence electrons. The average molecular weight is 245 g/mol. The first-order valence-corrected chi connectivity index (χ1v) is 6.29. The van der Waals surface area contributed by atoms with Gasteiger partial charge in [-0.1, -0.05) is 12.1 Å². The quantitative estimate of drug-likeness (QED) is 0.636. The van der Waals surface area contributed by atoms with Gasteiger partial charge in [-0.2, -0.15) is 0 Å². The summed E-state index contributed by atoms with van der Waals surface area (Å²) in [5.41, 5.74) is 0.982. The molecule has 0 aliphatic rings. The number of alkyl halides is 1. The van der Waals surface area contributed by atoms with Crippen molar-refractivity contribution < 1.29 is 9.90 Å². The Balaban J connectivity index is 2.57. The minimum Gasteiger partial charge on any atom is -0.481 e. The Morgan fingerprint density at radius 3 is 2.53 bits per heavy atom. The van der Waals surface area contributed by atoms with E-state index in [1.54, 1.807) is 11.8 Å². The van der Waals surface area contributed by atoms with Gasteiger partial charge in [-0.05, 0) is 30.4 Å². The maximum Gasteiger partial charge on any atom is 0.303 e. The minimum atomic E-state index is -0.804. The summed E-state index contributed by atoms with van der Waals surface area (Å²) < 4.78 is 0. The molecule has 0 bridgehead atoms. The van der Waals surface area contributed by atoms with Gasteiger partial charge >= 0.3 is 5.97 Å². The van der Waals surface area contributed by atoms with E-state index >= 15 is 0 Å². The second-order valence-electron chi connectivity index (χ2n) is 3.17. The number of carboxylic acid groups (broad SMARTS) is 1. The van der Waals surface area contributed by atoms with Crippen molar-refractivity contribution in [1.82, 2.24) is 0 Å². The molecule has 0 radical (unpaired) electrons. The third kappa shape index (κ3) is 4.14. The molecule has 15 heavy (non-hydrogen) atoms. The number of aliphatic carboxylic acids is 1. The predicted molar refractivity (Wildman–Crippen MR) is 63.7 cm³/mol. The topological polar surface area (TPSA) is 37.3 Å². The summed E-state index contributed by atoms with van der Waals surface area (Å²) in [4.78, 5) is 11.6. The summed E-state index contributed by atoms with van der Waals surface area (Å²) in [6.07, 6.45) is 2.59. The van der Waals surface area contributed by atoms with E-state index in [0.717, 1.165) is 5.56 Å². The second kappa shape index (κ2) is 6.03. The standard InChI is InChI=1S/C11H13ClO2S/c1-15-9-4-2-8(3-5-9)10(12)6-7-11(13)14/h2-5,10H,6-7H2,1H3,(H,13,14). The largest absolute Gasteiger partial charge is 0.481 e. The number of thioether (sulfide) groups is 1. The lowest BCUT2D eigenvalue weighted by atomic mass is 10.1. The maximum atomic E-state index is 10.4. The summed E-state index contributed by atoms with van der Waals surface area (Å²) in [7, 11) is 0. The summed E-state index contributed by atoms with van der Waals surface area (Å²) >= 11 is 7.75. The Labute approximate surface area is 98.6 Å². The van der Waals surface area contributed by atoms with E-state index in [1.807, 2.05) is 30.5 Å². The van der Waals surface area contributed by atoms with Gasteiger partial charge in [0.25, 0.3) is 0 Å². The molecular formula is C11H13ClO2S. The second-order valence-corrected chi connectivity index (χ2v) is 4.58. The minimum absolute atomic E-state index is 0.110. The predicted octanol–water partition coefficient (Wildman–Crippen LogP) is 3.55. The lowest BCUT2D eigenvalue weighted by molar-refractivity contribution is -0.137. The average Bonchev–Trinajstić information content (AvgIpc) is 2.26. The fourth-order valence-electron chi connectivity index (χ4n) is 1.23. The number of carbonyl (C=O) groups is 1. The van der Waals surface area contributed by atoms with Gasteiger partial charge in [-0.3, -0.25) is 4.79 Å². The van der Waals surface area contributed by atoms with Crippen LogP contribution >= 0.6 is 23.4 Å². The molecule has 1 unspecified atom stereocenters. The molecule has 1 atom stereocenters. The van der Waals surface area contributed by atoms with Crippen LogP contribution in [0.3, 0.4) is 0 Å². The molecule has 0 aromatic heterocycles. The Morgan fingerprint density at radius 2 is 2.07 bits per heavy atom. The highest BCUT2D eigenvalue weighted by Gasteiger charge is 2.09. The number of rotatable bonds is 5. The Bertz CT molecular complexity index is 324. The molecule has 0 aliphatic carbocycles. The monoisotopic (exact) mass is 244 g/mol. The first-order valence-electron chi connectivity index (χ1n) is 4.63. The molecule has 4 heteroatoms. The van der Waals surface area contributed by atoms with E-state index in [0.29, 0.717) is 6.42 Å². The van der Waals surface area contributed by atoms with Crippen molar-refractivity contribution in [2.45, 2.75) is 23.1 Å². The normalized spacial score (nSPS) is 12.4. The SMILES string of the molecule is CSc1ccc(C(Cl)CCC(=O)O)cc1. The molecule has 1 N–H and O–H groups in total. The van der Waals surface area contributed by atoms with Gasteiger partial charge in [-0.15, -0.1) is 23.4 Å². The van der Waals surface area contributed by atoms with Gasteiger partial charge < -0.3 is 5.11 Å². The maximum absolute atomic E-state index is 10.4. The fourth-order valence-corrected chi connectivity index (χ4v) is 1.89. The number of benzene rings is 1. The summed E-state index contributed by atoms with van der Waals surface area (Å²) in [6, 6.07) is 7.89. The molecule has 0 spiro atoms. The summed E-state index contributed by atoms with van der Waals surface area (Å²) in [6.45, 7) is 0. The van der Waals surface area contributed by atoms with E-state index in [2.05, 4.69) is 0 Å². The van der Waals surface area contributed by atoms with E-state index in [1.165, 1.54) is 4.90 Å². The molecular weight excluding hydrogens is 232 g/mol. The summed E-state index contributed by atoms with van der Waals surface area (Å²) in [5.74, 6) is -0.804. The Kier molecular flexibility index (Phi) is 4.99. The van der Waals surface area contributed by atoms with Crippen LogP contribution in [-0.2, 0) is 4.79 Å². The van der Waals surface area contributed by atoms with Crippen LogP contribution in [0.25, 0.3) is 0 Å². The van der Waals surface area contributed by atoms with Gasteiger partial charge in [-0.25, -0.2) is 0 Å². The highest BCUT2D eigenvalue weighted by Crippen LogP contribution is 2.27. The van der Waals surface area contributed by atoms with E-state index < -0.39 is 5.97 Å². The smallest absolute Gasteiger partial charge is 0.303 e. The molecule has 0 amide bonds. The number of halogens is 1. The zero-order valence-electron chi connectivity index (χ0n) is 8.44. The van der Waals surface area contributed by atoms with Gasteiger partial charge in [0, 0.05) is 11.3 Å². The molecule has 1 aromatic carbocycles. The zero-order chi connectivity index (χ0) is 11.3. The third-order valence-electron chi connectivity index (χ3n) is 2.09. The zero-order valence-corrected chi connectivity index (χ0v) is 10.0. The van der Waals surface area contributed by atoms with Gasteiger partial charge in [0.1, 0.15) is 0 Å². The lowest BCUT2D eigenvalue weighted by Gasteiger charge is -2.08. The van der Waals surface area contributed by atoms with Crippen molar-refractivity contribution in [2.75, 3.05) is 6.26 Å². The summed E-state index contributed by atoms with van der Waals surface area (Å²) in [5, 5.41) is 8.32. The molecule has 0 aliphatic heterocycles. The molecule has 1 aromatic rings. The van der Waals surface area contributed by atoms with Crippen LogP contribution in [0.1, 0.15) is 23.8 Å². The molecule has 0 saturated carbocycles. The van der Waals surface area contributed by atoms with Crippen molar-refractivity contribution in [1.29, 1.82) is 0 Å². The van der Waals surface area contributed by atoms with Crippen LogP contribution in [0.15, 0.2) is 29.2 Å². The van der Waals surface area contributed by atoms with Gasteiger partial charge in [0.15, 0.2) is 0 Å². The molecule has 1 rings (SSSR count). The highest BCUT2D eigenvalue weighted by molar-refractivity contribution is 7.98. The van der Waals surface area contributed by atoms with Crippen molar-refractivity contribution in [3.8, 4) is 0 Å². The van der Waals surface area contributed by atoms with E-state index in [9.17, 15) is 4.79 Å². The van der Waals surface area contributed by atoms with Crippen LogP contribution < -0.4 is 0 Å². The third-order valence-corrected chi connectivity index (χ3v) is 3.30. The number of hydrogen-bond donors (Lipinski definition) is 1. The van der Waals surface area contributed by atoms with Gasteiger partial charge in [0.2, 0.25) is 0 Å². The van der Waals surface area contributed by atoms with Gasteiger partial charge in [0.05, 0.1) is 5.38 Å². The number of hydrogen-bond acceptors (Lipinski definition) is 2. The first-order chi connectivity index (χ1) is 7.13. The van der Waals surface area contributed by atoms with E-state index in [4.69, 9.17) is 16.7 Å². The lowest BCUT2D eigenvalue weighted by Crippen LogP contribution is -1.98. The van der Waals surface area contributed by atoms with Crippen molar-refractivity contribution in [3.63, 3.8) is 0 Å². The Morgan fingerprint density at radius 1 is 1.47 bits per heavy atom. The highest BCUT2D eigenvalue weighted by atomic mass is 35.5. The number of carboxylic acids is 1. The van der Waals surface area contributed by atoms with Crippen LogP contribution in [0, 0.1) is 0 Å². The van der Waals surface area contributed by atoms with Crippen LogP contribution in [0.5, 0.6) is 0 Å². The van der Waals surface area contributed by atoms with E-state index in [-0.39, 0.29) is 11.8 Å². The molecule has 0 fully saturated rings. The molecule has 0 heterocycles. The molecule has 2 nitrogen and oxygen atoms in total. The van der Waals surface area contributed by atoms with Crippen LogP contribution in [-0.4, -0.2) is 17.3 Å². The van der Waals surface area contributed by atoms with Crippen molar-refractivity contribution in [3.05, 3.63) is 29.8 Å². The molecule has 0 saturated heterocycles. The van der Waals surface area contributed by atoms with Crippen molar-refractivity contribution >= 4 is 29.3 Å². The Hall–Kier alpha value is -0.670. The fraction of sp³-hybridized carbons (Fsp3) is 0.364. The first kappa shape index (κ1) is 12.4. The van der Waals surface area contributed by atoms with Crippen LogP contribution in [0.4, 0.5) is 0 Å².